The van der Waals surface area contributed by atoms with E-state index in [1.807, 2.05) is 12.3 Å². The van der Waals surface area contributed by atoms with Crippen molar-refractivity contribution in [1.82, 2.24) is 9.97 Å². The van der Waals surface area contributed by atoms with Gasteiger partial charge in [0.05, 0.1) is 16.7 Å². The van der Waals surface area contributed by atoms with Crippen LogP contribution in [0.1, 0.15) is 5.56 Å². The fourth-order valence-corrected chi connectivity index (χ4v) is 6.31. The minimum Gasteiger partial charge on any atom is -0.256 e. The van der Waals surface area contributed by atoms with Crippen molar-refractivity contribution in [2.24, 2.45) is 11.8 Å². The number of allylic oxidation sites excluding steroid dienone is 12. The van der Waals surface area contributed by atoms with Crippen molar-refractivity contribution in [3.63, 3.8) is 0 Å². The van der Waals surface area contributed by atoms with Gasteiger partial charge in [0.2, 0.25) is 0 Å². The normalized spacial score (nSPS) is 19.7. The fraction of sp³-hybridized carbons (Fsp3) is 0.0556. The molecule has 0 saturated carbocycles. The van der Waals surface area contributed by atoms with Crippen LogP contribution in [0.25, 0.3) is 49.4 Å². The Morgan fingerprint density at radius 3 is 2.21 bits per heavy atom. The molecule has 0 saturated heterocycles. The van der Waals surface area contributed by atoms with Crippen LogP contribution in [-0.2, 0) is 0 Å². The van der Waals surface area contributed by atoms with E-state index in [1.54, 1.807) is 0 Å². The molecule has 3 aromatic carbocycles. The maximum Gasteiger partial charge on any atom is 0.0795 e. The number of pyridine rings is 2. The zero-order valence-electron chi connectivity index (χ0n) is 20.8. The van der Waals surface area contributed by atoms with Gasteiger partial charge in [-0.2, -0.15) is 0 Å². The molecule has 2 unspecified atom stereocenters. The van der Waals surface area contributed by atoms with E-state index < -0.39 is 0 Å². The first-order valence-corrected chi connectivity index (χ1v) is 13.2. The predicted octanol–water partition coefficient (Wildman–Crippen LogP) is 8.78. The Morgan fingerprint density at radius 1 is 0.579 bits per heavy atom. The molecule has 3 aliphatic rings. The average molecular weight is 485 g/mol. The molecule has 2 nitrogen and oxygen atoms in total. The van der Waals surface area contributed by atoms with Crippen LogP contribution in [0.15, 0.2) is 145 Å². The lowest BCUT2D eigenvalue weighted by Gasteiger charge is -2.33. The second-order valence-corrected chi connectivity index (χ2v) is 10.2. The molecule has 0 radical (unpaired) electrons. The zero-order chi connectivity index (χ0) is 25.1. The van der Waals surface area contributed by atoms with Crippen LogP contribution in [0.5, 0.6) is 0 Å². The molecule has 2 atom stereocenters. The fourth-order valence-electron chi connectivity index (χ4n) is 6.31. The first-order chi connectivity index (χ1) is 18.8. The van der Waals surface area contributed by atoms with Crippen LogP contribution >= 0.6 is 0 Å². The Labute approximate surface area is 221 Å². The Morgan fingerprint density at radius 2 is 1.32 bits per heavy atom. The van der Waals surface area contributed by atoms with Crippen LogP contribution in [0.2, 0.25) is 0 Å². The summed E-state index contributed by atoms with van der Waals surface area (Å²) in [6.45, 7) is 0. The summed E-state index contributed by atoms with van der Waals surface area (Å²) in [5, 5.41) is 4.56. The van der Waals surface area contributed by atoms with Gasteiger partial charge in [0, 0.05) is 45.1 Å². The molecule has 0 aliphatic heterocycles. The van der Waals surface area contributed by atoms with E-state index >= 15 is 0 Å². The number of hydrogen-bond donors (Lipinski definition) is 0. The minimum atomic E-state index is 0.368. The van der Waals surface area contributed by atoms with Gasteiger partial charge in [-0.1, -0.05) is 103 Å². The molecule has 5 aromatic rings. The van der Waals surface area contributed by atoms with Crippen molar-refractivity contribution in [2.75, 3.05) is 0 Å². The lowest BCUT2D eigenvalue weighted by Crippen LogP contribution is -2.21. The summed E-state index contributed by atoms with van der Waals surface area (Å²) < 4.78 is 0. The van der Waals surface area contributed by atoms with E-state index in [4.69, 9.17) is 9.97 Å². The van der Waals surface area contributed by atoms with Gasteiger partial charge in [-0.25, -0.2) is 4.98 Å². The van der Waals surface area contributed by atoms with E-state index in [2.05, 4.69) is 121 Å². The number of fused-ring (bicyclic) bond motifs is 9. The standard InChI is InChI=1S/C36H24N2/c1-2-12-26-24(9-1)22-33(28-14-4-3-13-27(26)28)23-10-7-11-25(21-23)34-19-18-32-30-17-8-20-37-35(30)29-15-5-6-16-31(29)36(32)38-34/h1-22,26-27H. The van der Waals surface area contributed by atoms with Gasteiger partial charge in [0.15, 0.2) is 0 Å². The maximum absolute atomic E-state index is 5.25. The second kappa shape index (κ2) is 8.36. The quantitative estimate of drug-likeness (QED) is 0.234. The highest BCUT2D eigenvalue weighted by Crippen LogP contribution is 2.44. The van der Waals surface area contributed by atoms with Crippen molar-refractivity contribution in [3.05, 3.63) is 150 Å². The maximum atomic E-state index is 5.25. The van der Waals surface area contributed by atoms with Gasteiger partial charge >= 0.3 is 0 Å². The molecule has 0 bridgehead atoms. The summed E-state index contributed by atoms with van der Waals surface area (Å²) in [7, 11) is 0. The third-order valence-electron chi connectivity index (χ3n) is 8.08. The number of nitrogens with zero attached hydrogens (tertiary/aromatic N) is 2. The number of rotatable bonds is 2. The van der Waals surface area contributed by atoms with Crippen molar-refractivity contribution >= 4 is 38.2 Å². The highest BCUT2D eigenvalue weighted by atomic mass is 14.7. The Balaban J connectivity index is 1.31. The molecule has 0 N–H and O–H groups in total. The zero-order valence-corrected chi connectivity index (χ0v) is 20.8. The molecule has 2 heteroatoms. The van der Waals surface area contributed by atoms with Crippen molar-refractivity contribution in [2.45, 2.75) is 0 Å². The van der Waals surface area contributed by atoms with Crippen molar-refractivity contribution in [1.29, 1.82) is 0 Å². The third kappa shape index (κ3) is 3.20. The number of hydrogen-bond acceptors (Lipinski definition) is 2. The van der Waals surface area contributed by atoms with Crippen LogP contribution in [0.3, 0.4) is 0 Å². The summed E-state index contributed by atoms with van der Waals surface area (Å²) in [5.74, 6) is 0.773. The molecule has 0 fully saturated rings. The van der Waals surface area contributed by atoms with Crippen LogP contribution in [0.4, 0.5) is 0 Å². The van der Waals surface area contributed by atoms with Crippen LogP contribution in [-0.4, -0.2) is 9.97 Å². The summed E-state index contributed by atoms with van der Waals surface area (Å²) in [6, 6.07) is 25.8. The smallest absolute Gasteiger partial charge is 0.0795 e. The topological polar surface area (TPSA) is 25.8 Å². The second-order valence-electron chi connectivity index (χ2n) is 10.2. The molecule has 0 amide bonds. The van der Waals surface area contributed by atoms with E-state index in [9.17, 15) is 0 Å². The first-order valence-electron chi connectivity index (χ1n) is 13.2. The first kappa shape index (κ1) is 21.3. The Bertz CT molecular complexity index is 1940. The molecular weight excluding hydrogens is 460 g/mol. The lowest BCUT2D eigenvalue weighted by molar-refractivity contribution is 0.618. The molecule has 178 valence electrons. The Hall–Kier alpha value is -4.82. The summed E-state index contributed by atoms with van der Waals surface area (Å²) in [5.41, 5.74) is 9.44. The van der Waals surface area contributed by atoms with Crippen molar-refractivity contribution < 1.29 is 0 Å². The minimum absolute atomic E-state index is 0.368. The molecule has 0 spiro atoms. The van der Waals surface area contributed by atoms with E-state index in [0.29, 0.717) is 11.8 Å². The van der Waals surface area contributed by atoms with Gasteiger partial charge in [0.25, 0.3) is 0 Å². The van der Waals surface area contributed by atoms with E-state index in [-0.39, 0.29) is 0 Å². The molecule has 38 heavy (non-hydrogen) atoms. The van der Waals surface area contributed by atoms with Gasteiger partial charge in [-0.05, 0) is 46.5 Å². The van der Waals surface area contributed by atoms with Gasteiger partial charge < -0.3 is 0 Å². The van der Waals surface area contributed by atoms with Gasteiger partial charge in [-0.15, -0.1) is 0 Å². The monoisotopic (exact) mass is 484 g/mol. The molecule has 3 aliphatic carbocycles. The molecule has 2 heterocycles. The van der Waals surface area contributed by atoms with E-state index in [1.165, 1.54) is 22.3 Å². The van der Waals surface area contributed by atoms with Crippen molar-refractivity contribution in [3.8, 4) is 11.3 Å². The van der Waals surface area contributed by atoms with Gasteiger partial charge in [-0.3, -0.25) is 4.98 Å². The summed E-state index contributed by atoms with van der Waals surface area (Å²) in [4.78, 5) is 9.96. The third-order valence-corrected chi connectivity index (χ3v) is 8.08. The largest absolute Gasteiger partial charge is 0.256 e. The van der Waals surface area contributed by atoms with Crippen LogP contribution < -0.4 is 0 Å². The molecule has 8 rings (SSSR count). The lowest BCUT2D eigenvalue weighted by atomic mass is 9.70. The van der Waals surface area contributed by atoms with E-state index in [0.717, 1.165) is 43.8 Å². The Kier molecular flexibility index (Phi) is 4.68. The SMILES string of the molecule is C1=CC2=CC(c3cccc(-c4ccc5c6cccnc6c6ccccc6c5n4)c3)=C3C=CC=CC3C2C=C1. The predicted molar refractivity (Wildman–Crippen MR) is 159 cm³/mol. The number of aromatic nitrogens is 2. The van der Waals surface area contributed by atoms with Gasteiger partial charge in [0.1, 0.15) is 0 Å². The number of benzene rings is 3. The highest BCUT2D eigenvalue weighted by Gasteiger charge is 2.30. The summed E-state index contributed by atoms with van der Waals surface area (Å²) >= 11 is 0. The summed E-state index contributed by atoms with van der Waals surface area (Å²) in [6.07, 6.45) is 22.1. The van der Waals surface area contributed by atoms with Crippen LogP contribution in [0, 0.1) is 11.8 Å². The molecular formula is C36H24N2. The molecule has 2 aromatic heterocycles. The highest BCUT2D eigenvalue weighted by molar-refractivity contribution is 6.23. The average Bonchev–Trinajstić information content (AvgIpc) is 3.00.